The van der Waals surface area contributed by atoms with Crippen molar-refractivity contribution in [2.24, 2.45) is 0 Å². The van der Waals surface area contributed by atoms with Crippen LogP contribution in [0, 0.1) is 0 Å². The second kappa shape index (κ2) is 6.12. The van der Waals surface area contributed by atoms with Gasteiger partial charge in [0, 0.05) is 11.2 Å². The van der Waals surface area contributed by atoms with Crippen LogP contribution < -0.4 is 5.56 Å². The second-order valence-corrected chi connectivity index (χ2v) is 6.05. The largest absolute Gasteiger partial charge is 0.478 e. The number of aromatic carboxylic acids is 1. The molecule has 2 N–H and O–H groups in total. The topological polar surface area (TPSA) is 101 Å². The number of aromatic amines is 1. The molecule has 0 amide bonds. The molecule has 0 aliphatic rings. The van der Waals surface area contributed by atoms with Gasteiger partial charge in [0.15, 0.2) is 0 Å². The number of hydrogen-bond acceptors (Lipinski definition) is 4. The Morgan fingerprint density at radius 3 is 2.69 bits per heavy atom. The number of fused-ring (bicyclic) bond motifs is 1. The number of rotatable bonds is 3. The fourth-order valence-corrected chi connectivity index (χ4v) is 2.82. The number of halogens is 1. The van der Waals surface area contributed by atoms with Gasteiger partial charge >= 0.3 is 5.97 Å². The molecule has 4 rings (SSSR count). The van der Waals surface area contributed by atoms with Gasteiger partial charge in [0.05, 0.1) is 22.7 Å². The first-order chi connectivity index (χ1) is 12.5. The molecule has 0 fully saturated rings. The van der Waals surface area contributed by atoms with Crippen LogP contribution in [0.3, 0.4) is 0 Å². The minimum absolute atomic E-state index is 0.000393. The Morgan fingerprint density at radius 2 is 1.96 bits per heavy atom. The molecule has 0 spiro atoms. The molecule has 4 aromatic rings. The van der Waals surface area contributed by atoms with Crippen LogP contribution in [-0.2, 0) is 0 Å². The predicted molar refractivity (Wildman–Crippen MR) is 96.9 cm³/mol. The lowest BCUT2D eigenvalue weighted by Crippen LogP contribution is -2.13. The molecule has 0 saturated heterocycles. The average molecular weight is 367 g/mol. The summed E-state index contributed by atoms with van der Waals surface area (Å²) in [6.45, 7) is 0. The minimum atomic E-state index is -1.11. The summed E-state index contributed by atoms with van der Waals surface area (Å²) in [7, 11) is 0. The van der Waals surface area contributed by atoms with Crippen molar-refractivity contribution in [3.63, 3.8) is 0 Å². The van der Waals surface area contributed by atoms with Gasteiger partial charge in [0.1, 0.15) is 0 Å². The third-order valence-corrected chi connectivity index (χ3v) is 4.13. The Hall–Kier alpha value is -3.45. The highest BCUT2D eigenvalue weighted by molar-refractivity contribution is 6.30. The number of H-pyrrole nitrogens is 1. The Bertz CT molecular complexity index is 1210. The first kappa shape index (κ1) is 16.0. The fourth-order valence-electron chi connectivity index (χ4n) is 2.63. The molecular weight excluding hydrogens is 356 g/mol. The van der Waals surface area contributed by atoms with Gasteiger partial charge in [0.2, 0.25) is 5.95 Å². The molecule has 2 aromatic carbocycles. The van der Waals surface area contributed by atoms with E-state index in [-0.39, 0.29) is 17.1 Å². The van der Waals surface area contributed by atoms with Crippen LogP contribution in [0.5, 0.6) is 0 Å². The van der Waals surface area contributed by atoms with Gasteiger partial charge in [-0.25, -0.2) is 14.5 Å². The van der Waals surface area contributed by atoms with Crippen molar-refractivity contribution in [2.45, 2.75) is 0 Å². The van der Waals surface area contributed by atoms with Crippen LogP contribution in [-0.4, -0.2) is 30.8 Å². The average Bonchev–Trinajstić information content (AvgIpc) is 3.12. The van der Waals surface area contributed by atoms with Crippen molar-refractivity contribution >= 4 is 28.5 Å². The zero-order valence-electron chi connectivity index (χ0n) is 13.2. The van der Waals surface area contributed by atoms with E-state index in [9.17, 15) is 9.59 Å². The summed E-state index contributed by atoms with van der Waals surface area (Å²) in [4.78, 5) is 30.4. The number of benzene rings is 2. The minimum Gasteiger partial charge on any atom is -0.478 e. The van der Waals surface area contributed by atoms with Crippen LogP contribution in [0.4, 0.5) is 0 Å². The van der Waals surface area contributed by atoms with Crippen LogP contribution in [0.1, 0.15) is 10.4 Å². The molecule has 2 heterocycles. The first-order valence-corrected chi connectivity index (χ1v) is 7.97. The first-order valence-electron chi connectivity index (χ1n) is 7.59. The monoisotopic (exact) mass is 366 g/mol. The zero-order chi connectivity index (χ0) is 18.3. The fraction of sp³-hybridized carbons (Fsp3) is 0. The molecule has 26 heavy (non-hydrogen) atoms. The number of carboxylic acid groups (broad SMARTS) is 1. The standard InChI is InChI=1S/C18H11ClN4O3/c19-13-3-1-2-10(6-13)11-4-5-14-15(7-11)21-18(22-16(14)24)23-9-12(8-20-23)17(25)26/h1-9H,(H,25,26)(H,21,22,24). The van der Waals surface area contributed by atoms with Gasteiger partial charge in [-0.15, -0.1) is 0 Å². The van der Waals surface area contributed by atoms with Gasteiger partial charge < -0.3 is 5.11 Å². The van der Waals surface area contributed by atoms with Crippen molar-refractivity contribution in [3.05, 3.63) is 75.8 Å². The quantitative estimate of drug-likeness (QED) is 0.580. The Kier molecular flexibility index (Phi) is 3.78. The molecular formula is C18H11ClN4O3. The van der Waals surface area contributed by atoms with E-state index in [1.165, 1.54) is 17.1 Å². The number of nitrogens with zero attached hydrogens (tertiary/aromatic N) is 3. The van der Waals surface area contributed by atoms with Crippen molar-refractivity contribution < 1.29 is 9.90 Å². The molecule has 0 saturated carbocycles. The van der Waals surface area contributed by atoms with Crippen molar-refractivity contribution in [1.29, 1.82) is 0 Å². The van der Waals surface area contributed by atoms with E-state index in [1.54, 1.807) is 18.2 Å². The summed E-state index contributed by atoms with van der Waals surface area (Å²) in [5.74, 6) is -0.971. The number of aromatic nitrogens is 4. The van der Waals surface area contributed by atoms with Crippen LogP contribution in [0.2, 0.25) is 5.02 Å². The van der Waals surface area contributed by atoms with Gasteiger partial charge in [-0.3, -0.25) is 9.78 Å². The SMILES string of the molecule is O=C(O)c1cnn(-c2nc3cc(-c4cccc(Cl)c4)ccc3c(=O)[nH]2)c1. The van der Waals surface area contributed by atoms with Crippen LogP contribution in [0.15, 0.2) is 59.7 Å². The van der Waals surface area contributed by atoms with E-state index in [0.29, 0.717) is 15.9 Å². The van der Waals surface area contributed by atoms with Crippen molar-refractivity contribution in [2.75, 3.05) is 0 Å². The summed E-state index contributed by atoms with van der Waals surface area (Å²) in [5, 5.41) is 14.0. The van der Waals surface area contributed by atoms with E-state index in [1.807, 2.05) is 24.3 Å². The number of carbonyl (C=O) groups is 1. The summed E-state index contributed by atoms with van der Waals surface area (Å²) in [6, 6.07) is 12.6. The number of nitrogens with one attached hydrogen (secondary N) is 1. The summed E-state index contributed by atoms with van der Waals surface area (Å²) in [6.07, 6.45) is 2.47. The lowest BCUT2D eigenvalue weighted by Gasteiger charge is -2.06. The van der Waals surface area contributed by atoms with Gasteiger partial charge in [0.25, 0.3) is 5.56 Å². The smallest absolute Gasteiger partial charge is 0.338 e. The van der Waals surface area contributed by atoms with Crippen molar-refractivity contribution in [1.82, 2.24) is 19.7 Å². The normalized spacial score (nSPS) is 11.0. The Labute approximate surface area is 151 Å². The lowest BCUT2D eigenvalue weighted by molar-refractivity contribution is 0.0697. The van der Waals surface area contributed by atoms with Crippen molar-refractivity contribution in [3.8, 4) is 17.1 Å². The van der Waals surface area contributed by atoms with Gasteiger partial charge in [-0.2, -0.15) is 5.10 Å². The maximum absolute atomic E-state index is 12.3. The van der Waals surface area contributed by atoms with E-state index in [0.717, 1.165) is 11.1 Å². The number of hydrogen-bond donors (Lipinski definition) is 2. The predicted octanol–water partition coefficient (Wildman–Crippen LogP) is 3.13. The van der Waals surface area contributed by atoms with E-state index >= 15 is 0 Å². The van der Waals surface area contributed by atoms with E-state index in [2.05, 4.69) is 15.1 Å². The van der Waals surface area contributed by atoms with Crippen LogP contribution >= 0.6 is 11.6 Å². The molecule has 0 atom stereocenters. The van der Waals surface area contributed by atoms with Gasteiger partial charge in [-0.05, 0) is 35.4 Å². The summed E-state index contributed by atoms with van der Waals surface area (Å²) >= 11 is 6.04. The highest BCUT2D eigenvalue weighted by Gasteiger charge is 2.11. The Morgan fingerprint density at radius 1 is 1.15 bits per heavy atom. The highest BCUT2D eigenvalue weighted by atomic mass is 35.5. The molecule has 0 aliphatic heterocycles. The molecule has 8 heteroatoms. The maximum atomic E-state index is 12.3. The molecule has 0 radical (unpaired) electrons. The van der Waals surface area contributed by atoms with Crippen LogP contribution in [0.25, 0.3) is 28.0 Å². The Balaban J connectivity index is 1.86. The number of carboxylic acids is 1. The molecule has 2 aromatic heterocycles. The summed E-state index contributed by atoms with van der Waals surface area (Å²) in [5.41, 5.74) is 1.88. The zero-order valence-corrected chi connectivity index (χ0v) is 13.9. The molecule has 0 unspecified atom stereocenters. The molecule has 128 valence electrons. The third-order valence-electron chi connectivity index (χ3n) is 3.90. The lowest BCUT2D eigenvalue weighted by atomic mass is 10.0. The third kappa shape index (κ3) is 2.84. The highest BCUT2D eigenvalue weighted by Crippen LogP contribution is 2.25. The van der Waals surface area contributed by atoms with E-state index < -0.39 is 5.97 Å². The summed E-state index contributed by atoms with van der Waals surface area (Å²) < 4.78 is 1.22. The second-order valence-electron chi connectivity index (χ2n) is 5.61. The molecule has 0 bridgehead atoms. The molecule has 7 nitrogen and oxygen atoms in total. The maximum Gasteiger partial charge on any atom is 0.338 e. The van der Waals surface area contributed by atoms with Gasteiger partial charge in [-0.1, -0.05) is 29.8 Å². The van der Waals surface area contributed by atoms with E-state index in [4.69, 9.17) is 16.7 Å². The molecule has 0 aliphatic carbocycles.